The molecule has 1 N–H and O–H groups in total. The zero-order chi connectivity index (χ0) is 7.40. The number of aromatic nitrogens is 3. The van der Waals surface area contributed by atoms with Crippen LogP contribution in [0.4, 0.5) is 5.82 Å². The standard InChI is InChI=1S/C6H10N4/c1-5(2)8-6-3-4-7-10-9-6/h3-5H,1-2H3,(H,7,8,9). The summed E-state index contributed by atoms with van der Waals surface area (Å²) in [6.45, 7) is 4.09. The van der Waals surface area contributed by atoms with Gasteiger partial charge >= 0.3 is 0 Å². The predicted octanol–water partition coefficient (Wildman–Crippen LogP) is 0.692. The first-order chi connectivity index (χ1) is 4.79. The molecule has 0 saturated heterocycles. The second kappa shape index (κ2) is 3.10. The topological polar surface area (TPSA) is 50.7 Å². The van der Waals surface area contributed by atoms with Crippen LogP contribution < -0.4 is 5.32 Å². The van der Waals surface area contributed by atoms with Crippen LogP contribution >= 0.6 is 0 Å². The van der Waals surface area contributed by atoms with E-state index in [-0.39, 0.29) is 0 Å². The van der Waals surface area contributed by atoms with Crippen LogP contribution in [0.1, 0.15) is 13.8 Å². The molecule has 0 radical (unpaired) electrons. The largest absolute Gasteiger partial charge is 0.366 e. The Morgan fingerprint density at radius 2 is 2.30 bits per heavy atom. The summed E-state index contributed by atoms with van der Waals surface area (Å²) in [7, 11) is 0. The Hall–Kier alpha value is -1.19. The first kappa shape index (κ1) is 6.92. The Balaban J connectivity index is 2.59. The van der Waals surface area contributed by atoms with E-state index in [1.807, 2.05) is 13.8 Å². The van der Waals surface area contributed by atoms with Crippen molar-refractivity contribution >= 4 is 5.82 Å². The fourth-order valence-corrected chi connectivity index (χ4v) is 0.614. The molecule has 0 unspecified atom stereocenters. The fraction of sp³-hybridized carbons (Fsp3) is 0.500. The molecule has 0 spiro atoms. The average Bonchev–Trinajstić information content (AvgIpc) is 1.88. The number of hydrogen-bond donors (Lipinski definition) is 1. The van der Waals surface area contributed by atoms with Gasteiger partial charge in [-0.3, -0.25) is 0 Å². The number of rotatable bonds is 2. The summed E-state index contributed by atoms with van der Waals surface area (Å²) >= 11 is 0. The van der Waals surface area contributed by atoms with Crippen LogP contribution in [0.5, 0.6) is 0 Å². The van der Waals surface area contributed by atoms with Crippen LogP contribution in [0.2, 0.25) is 0 Å². The maximum absolute atomic E-state index is 3.75. The summed E-state index contributed by atoms with van der Waals surface area (Å²) in [6.07, 6.45) is 1.61. The van der Waals surface area contributed by atoms with Crippen molar-refractivity contribution in [2.75, 3.05) is 5.32 Å². The number of hydrogen-bond acceptors (Lipinski definition) is 4. The molecular formula is C6H10N4. The van der Waals surface area contributed by atoms with Gasteiger partial charge in [0.2, 0.25) is 0 Å². The van der Waals surface area contributed by atoms with E-state index < -0.39 is 0 Å². The molecule has 0 bridgehead atoms. The van der Waals surface area contributed by atoms with E-state index in [0.29, 0.717) is 6.04 Å². The third kappa shape index (κ3) is 1.97. The van der Waals surface area contributed by atoms with E-state index in [0.717, 1.165) is 5.82 Å². The van der Waals surface area contributed by atoms with Crippen molar-refractivity contribution in [3.05, 3.63) is 12.3 Å². The lowest BCUT2D eigenvalue weighted by Gasteiger charge is -2.05. The quantitative estimate of drug-likeness (QED) is 0.653. The summed E-state index contributed by atoms with van der Waals surface area (Å²) in [6, 6.07) is 2.17. The lowest BCUT2D eigenvalue weighted by Crippen LogP contribution is -2.11. The highest BCUT2D eigenvalue weighted by atomic mass is 15.3. The molecule has 0 aliphatic heterocycles. The SMILES string of the molecule is CC(C)Nc1ccnnn1. The molecule has 54 valence electrons. The lowest BCUT2D eigenvalue weighted by atomic mass is 10.4. The van der Waals surface area contributed by atoms with Crippen LogP contribution in [0.25, 0.3) is 0 Å². The molecular weight excluding hydrogens is 128 g/mol. The molecule has 0 amide bonds. The minimum absolute atomic E-state index is 0.386. The molecule has 10 heavy (non-hydrogen) atoms. The first-order valence-corrected chi connectivity index (χ1v) is 3.20. The van der Waals surface area contributed by atoms with Crippen molar-refractivity contribution in [1.29, 1.82) is 0 Å². The maximum Gasteiger partial charge on any atom is 0.152 e. The van der Waals surface area contributed by atoms with E-state index in [9.17, 15) is 0 Å². The van der Waals surface area contributed by atoms with Crippen molar-refractivity contribution in [3.63, 3.8) is 0 Å². The summed E-state index contributed by atoms with van der Waals surface area (Å²) in [5, 5.41) is 13.9. The molecule has 1 rings (SSSR count). The number of nitrogens with one attached hydrogen (secondary N) is 1. The molecule has 0 saturated carbocycles. The number of nitrogens with zero attached hydrogens (tertiary/aromatic N) is 3. The fourth-order valence-electron chi connectivity index (χ4n) is 0.614. The molecule has 0 fully saturated rings. The Labute approximate surface area is 59.7 Å². The highest BCUT2D eigenvalue weighted by Crippen LogP contribution is 1.97. The molecule has 0 aliphatic carbocycles. The normalized spacial score (nSPS) is 9.90. The van der Waals surface area contributed by atoms with Crippen molar-refractivity contribution in [2.45, 2.75) is 19.9 Å². The monoisotopic (exact) mass is 138 g/mol. The predicted molar refractivity (Wildman–Crippen MR) is 38.6 cm³/mol. The first-order valence-electron chi connectivity index (χ1n) is 3.20. The third-order valence-electron chi connectivity index (χ3n) is 0.940. The van der Waals surface area contributed by atoms with Gasteiger partial charge in [0.15, 0.2) is 5.82 Å². The van der Waals surface area contributed by atoms with Gasteiger partial charge in [0, 0.05) is 12.1 Å². The molecule has 0 atom stereocenters. The Kier molecular flexibility index (Phi) is 2.15. The van der Waals surface area contributed by atoms with Gasteiger partial charge in [-0.2, -0.15) is 0 Å². The van der Waals surface area contributed by atoms with Crippen molar-refractivity contribution in [2.24, 2.45) is 0 Å². The Morgan fingerprint density at radius 1 is 1.50 bits per heavy atom. The van der Waals surface area contributed by atoms with Gasteiger partial charge in [-0.25, -0.2) is 0 Å². The van der Waals surface area contributed by atoms with Crippen LogP contribution in [0.3, 0.4) is 0 Å². The van der Waals surface area contributed by atoms with Crippen LogP contribution in [0.15, 0.2) is 12.3 Å². The van der Waals surface area contributed by atoms with E-state index in [2.05, 4.69) is 20.7 Å². The zero-order valence-electron chi connectivity index (χ0n) is 6.07. The maximum atomic E-state index is 3.75. The Bertz CT molecular complexity index is 184. The van der Waals surface area contributed by atoms with Gasteiger partial charge < -0.3 is 5.32 Å². The molecule has 4 nitrogen and oxygen atoms in total. The van der Waals surface area contributed by atoms with E-state index in [1.165, 1.54) is 0 Å². The molecule has 1 aromatic heterocycles. The van der Waals surface area contributed by atoms with Gasteiger partial charge in [-0.05, 0) is 19.1 Å². The highest BCUT2D eigenvalue weighted by Gasteiger charge is 1.93. The van der Waals surface area contributed by atoms with E-state index >= 15 is 0 Å². The minimum atomic E-state index is 0.386. The highest BCUT2D eigenvalue weighted by molar-refractivity contribution is 5.30. The minimum Gasteiger partial charge on any atom is -0.366 e. The van der Waals surface area contributed by atoms with Gasteiger partial charge in [0.1, 0.15) is 0 Å². The summed E-state index contributed by atoms with van der Waals surface area (Å²) in [5.41, 5.74) is 0. The molecule has 1 heterocycles. The van der Waals surface area contributed by atoms with Crippen molar-refractivity contribution in [1.82, 2.24) is 15.4 Å². The van der Waals surface area contributed by atoms with Crippen LogP contribution in [-0.4, -0.2) is 21.5 Å². The molecule has 1 aromatic rings. The van der Waals surface area contributed by atoms with E-state index in [1.54, 1.807) is 12.3 Å². The Morgan fingerprint density at radius 3 is 2.80 bits per heavy atom. The smallest absolute Gasteiger partial charge is 0.152 e. The van der Waals surface area contributed by atoms with Gasteiger partial charge in [-0.1, -0.05) is 0 Å². The second-order valence-corrected chi connectivity index (χ2v) is 2.30. The average molecular weight is 138 g/mol. The molecule has 0 aliphatic rings. The lowest BCUT2D eigenvalue weighted by molar-refractivity contribution is 0.829. The van der Waals surface area contributed by atoms with Crippen LogP contribution in [0, 0.1) is 0 Å². The van der Waals surface area contributed by atoms with Crippen molar-refractivity contribution < 1.29 is 0 Å². The van der Waals surface area contributed by atoms with Gasteiger partial charge in [-0.15, -0.1) is 10.2 Å². The van der Waals surface area contributed by atoms with E-state index in [4.69, 9.17) is 0 Å². The summed E-state index contributed by atoms with van der Waals surface area (Å²) < 4.78 is 0. The molecule has 4 heteroatoms. The van der Waals surface area contributed by atoms with Crippen LogP contribution in [-0.2, 0) is 0 Å². The summed E-state index contributed by atoms with van der Waals surface area (Å²) in [5.74, 6) is 0.769. The summed E-state index contributed by atoms with van der Waals surface area (Å²) in [4.78, 5) is 0. The number of anilines is 1. The second-order valence-electron chi connectivity index (χ2n) is 2.30. The van der Waals surface area contributed by atoms with Gasteiger partial charge in [0.05, 0.1) is 6.20 Å². The zero-order valence-corrected chi connectivity index (χ0v) is 6.07. The third-order valence-corrected chi connectivity index (χ3v) is 0.940. The van der Waals surface area contributed by atoms with Crippen molar-refractivity contribution in [3.8, 4) is 0 Å². The van der Waals surface area contributed by atoms with Gasteiger partial charge in [0.25, 0.3) is 0 Å². The molecule has 0 aromatic carbocycles.